The maximum atomic E-state index is 13.1. The van der Waals surface area contributed by atoms with Crippen molar-refractivity contribution < 1.29 is 16.8 Å². The van der Waals surface area contributed by atoms with E-state index in [2.05, 4.69) is 11.6 Å². The van der Waals surface area contributed by atoms with Gasteiger partial charge in [0.25, 0.3) is 0 Å². The summed E-state index contributed by atoms with van der Waals surface area (Å²) in [6.07, 6.45) is 6.75. The molecule has 6 nitrogen and oxygen atoms in total. The molecule has 2 fully saturated rings. The number of hydrogen-bond donors (Lipinski definition) is 1. The molecule has 0 aromatic heterocycles. The van der Waals surface area contributed by atoms with Crippen LogP contribution in [0.2, 0.25) is 0 Å². The Balaban J connectivity index is 1.80. The first-order chi connectivity index (χ1) is 13.1. The van der Waals surface area contributed by atoms with E-state index < -0.39 is 20.0 Å². The highest BCUT2D eigenvalue weighted by Gasteiger charge is 2.36. The van der Waals surface area contributed by atoms with E-state index in [9.17, 15) is 16.8 Å². The highest BCUT2D eigenvalue weighted by Crippen LogP contribution is 2.30. The smallest absolute Gasteiger partial charge is 0.208 e. The first kappa shape index (κ1) is 21.7. The fourth-order valence-electron chi connectivity index (χ4n) is 4.54. The fraction of sp³-hybridized carbons (Fsp3) is 0.700. The summed E-state index contributed by atoms with van der Waals surface area (Å²) in [7, 11) is -7.30. The third kappa shape index (κ3) is 4.45. The number of nitrogens with zero attached hydrogens (tertiary/aromatic N) is 1. The van der Waals surface area contributed by atoms with Crippen LogP contribution >= 0.6 is 0 Å². The topological polar surface area (TPSA) is 83.5 Å². The van der Waals surface area contributed by atoms with Gasteiger partial charge in [0.1, 0.15) is 0 Å². The molecule has 0 amide bonds. The molecule has 4 atom stereocenters. The standard InChI is InChI=1S/C20H32N2O4S2/c1-15-7-4-5-10-20(15)21-27(23,24)18-11-13-19(14-12-18)28(25,26)22-16(2)8-6-9-17(22)3/h11-17,20-21H,4-10H2,1-3H3/t15-,16+,17+,20+/m1/s1. The summed E-state index contributed by atoms with van der Waals surface area (Å²) < 4.78 is 56.0. The molecule has 1 aliphatic heterocycles. The van der Waals surface area contributed by atoms with Crippen molar-refractivity contribution in [1.29, 1.82) is 0 Å². The quantitative estimate of drug-likeness (QED) is 0.778. The van der Waals surface area contributed by atoms with Gasteiger partial charge in [-0.3, -0.25) is 0 Å². The summed E-state index contributed by atoms with van der Waals surface area (Å²) in [4.78, 5) is 0.266. The Morgan fingerprint density at radius 1 is 0.786 bits per heavy atom. The van der Waals surface area contributed by atoms with Gasteiger partial charge in [-0.05, 0) is 69.7 Å². The van der Waals surface area contributed by atoms with Crippen LogP contribution in [-0.2, 0) is 20.0 Å². The Kier molecular flexibility index (Phi) is 6.54. The van der Waals surface area contributed by atoms with Crippen LogP contribution in [0, 0.1) is 5.92 Å². The second-order valence-corrected chi connectivity index (χ2v) is 12.0. The Morgan fingerprint density at radius 2 is 1.32 bits per heavy atom. The lowest BCUT2D eigenvalue weighted by Gasteiger charge is -2.37. The fourth-order valence-corrected chi connectivity index (χ4v) is 7.80. The van der Waals surface area contributed by atoms with Crippen LogP contribution in [0.4, 0.5) is 0 Å². The molecule has 0 bridgehead atoms. The van der Waals surface area contributed by atoms with Crippen LogP contribution in [0.15, 0.2) is 34.1 Å². The predicted molar refractivity (Wildman–Crippen MR) is 110 cm³/mol. The van der Waals surface area contributed by atoms with Crippen LogP contribution in [0.3, 0.4) is 0 Å². The van der Waals surface area contributed by atoms with E-state index in [0.29, 0.717) is 5.92 Å². The van der Waals surface area contributed by atoms with E-state index in [4.69, 9.17) is 0 Å². The minimum Gasteiger partial charge on any atom is -0.208 e. The molecule has 1 aliphatic carbocycles. The lowest BCUT2D eigenvalue weighted by atomic mass is 9.87. The van der Waals surface area contributed by atoms with Crippen LogP contribution < -0.4 is 4.72 Å². The Labute approximate surface area is 169 Å². The number of rotatable bonds is 5. The van der Waals surface area contributed by atoms with Gasteiger partial charge in [0, 0.05) is 18.1 Å². The van der Waals surface area contributed by atoms with Gasteiger partial charge in [-0.2, -0.15) is 4.31 Å². The Hall–Kier alpha value is -0.960. The van der Waals surface area contributed by atoms with Gasteiger partial charge in [-0.15, -0.1) is 0 Å². The largest absolute Gasteiger partial charge is 0.243 e. The average Bonchev–Trinajstić information content (AvgIpc) is 2.63. The van der Waals surface area contributed by atoms with Gasteiger partial charge >= 0.3 is 0 Å². The molecule has 1 N–H and O–H groups in total. The van der Waals surface area contributed by atoms with E-state index in [1.165, 1.54) is 24.3 Å². The van der Waals surface area contributed by atoms with E-state index >= 15 is 0 Å². The van der Waals surface area contributed by atoms with E-state index in [-0.39, 0.29) is 27.9 Å². The molecule has 8 heteroatoms. The Bertz CT molecular complexity index is 871. The third-order valence-electron chi connectivity index (χ3n) is 6.24. The first-order valence-corrected chi connectivity index (χ1v) is 13.2. The molecule has 1 heterocycles. The van der Waals surface area contributed by atoms with E-state index in [0.717, 1.165) is 44.9 Å². The van der Waals surface area contributed by atoms with Crippen LogP contribution in [0.25, 0.3) is 0 Å². The highest BCUT2D eigenvalue weighted by molar-refractivity contribution is 7.89. The monoisotopic (exact) mass is 428 g/mol. The van der Waals surface area contributed by atoms with Crippen molar-refractivity contribution in [3.63, 3.8) is 0 Å². The minimum atomic E-state index is -3.66. The second-order valence-electron chi connectivity index (χ2n) is 8.42. The summed E-state index contributed by atoms with van der Waals surface area (Å²) in [5.74, 6) is 0.310. The maximum Gasteiger partial charge on any atom is 0.243 e. The summed E-state index contributed by atoms with van der Waals surface area (Å²) in [6.45, 7) is 5.94. The SMILES string of the molecule is C[C@@H]1CCCC[C@@H]1NS(=O)(=O)c1ccc(S(=O)(=O)N2[C@@H](C)CCC[C@@H]2C)cc1. The second kappa shape index (κ2) is 8.42. The van der Waals surface area contributed by atoms with Gasteiger partial charge in [0.15, 0.2) is 0 Å². The lowest BCUT2D eigenvalue weighted by molar-refractivity contribution is 0.204. The van der Waals surface area contributed by atoms with Gasteiger partial charge in [0.2, 0.25) is 20.0 Å². The molecule has 1 aromatic carbocycles. The zero-order valence-electron chi connectivity index (χ0n) is 17.0. The maximum absolute atomic E-state index is 13.1. The molecular weight excluding hydrogens is 396 g/mol. The van der Waals surface area contributed by atoms with Crippen LogP contribution in [0.5, 0.6) is 0 Å². The molecule has 28 heavy (non-hydrogen) atoms. The highest BCUT2D eigenvalue weighted by atomic mass is 32.2. The van der Waals surface area contributed by atoms with Crippen molar-refractivity contribution in [3.8, 4) is 0 Å². The molecule has 158 valence electrons. The molecular formula is C20H32N2O4S2. The normalized spacial score (nSPS) is 30.2. The number of hydrogen-bond acceptors (Lipinski definition) is 4. The number of piperidine rings is 1. The molecule has 0 spiro atoms. The molecule has 1 aromatic rings. The molecule has 2 aliphatic rings. The average molecular weight is 429 g/mol. The predicted octanol–water partition coefficient (Wildman–Crippen LogP) is 3.50. The van der Waals surface area contributed by atoms with Crippen molar-refractivity contribution in [2.45, 2.75) is 93.6 Å². The Morgan fingerprint density at radius 3 is 1.89 bits per heavy atom. The first-order valence-electron chi connectivity index (χ1n) is 10.3. The summed E-state index contributed by atoms with van der Waals surface area (Å²) in [6, 6.07) is 5.49. The molecule has 1 saturated heterocycles. The van der Waals surface area contributed by atoms with E-state index in [1.54, 1.807) is 4.31 Å². The van der Waals surface area contributed by atoms with Crippen molar-refractivity contribution in [2.24, 2.45) is 5.92 Å². The third-order valence-corrected chi connectivity index (χ3v) is 9.89. The van der Waals surface area contributed by atoms with Crippen molar-refractivity contribution in [1.82, 2.24) is 9.03 Å². The van der Waals surface area contributed by atoms with Gasteiger partial charge in [-0.1, -0.05) is 26.2 Å². The zero-order chi connectivity index (χ0) is 20.5. The van der Waals surface area contributed by atoms with Crippen LogP contribution in [0.1, 0.15) is 65.7 Å². The molecule has 0 radical (unpaired) electrons. The summed E-state index contributed by atoms with van der Waals surface area (Å²) >= 11 is 0. The van der Waals surface area contributed by atoms with Crippen molar-refractivity contribution >= 4 is 20.0 Å². The molecule has 0 unspecified atom stereocenters. The van der Waals surface area contributed by atoms with Gasteiger partial charge < -0.3 is 0 Å². The molecule has 3 rings (SSSR count). The minimum absolute atomic E-state index is 0.0494. The number of nitrogens with one attached hydrogen (secondary N) is 1. The zero-order valence-corrected chi connectivity index (χ0v) is 18.6. The summed E-state index contributed by atoms with van der Waals surface area (Å²) in [5.41, 5.74) is 0. The molecule has 1 saturated carbocycles. The van der Waals surface area contributed by atoms with Crippen molar-refractivity contribution in [3.05, 3.63) is 24.3 Å². The van der Waals surface area contributed by atoms with Gasteiger partial charge in [0.05, 0.1) is 9.79 Å². The van der Waals surface area contributed by atoms with E-state index in [1.807, 2.05) is 13.8 Å². The lowest BCUT2D eigenvalue weighted by Crippen LogP contribution is -2.47. The van der Waals surface area contributed by atoms with Crippen LogP contribution in [-0.4, -0.2) is 39.3 Å². The van der Waals surface area contributed by atoms with Gasteiger partial charge in [-0.25, -0.2) is 21.6 Å². The van der Waals surface area contributed by atoms with Crippen molar-refractivity contribution in [2.75, 3.05) is 0 Å². The number of benzene rings is 1. The summed E-state index contributed by atoms with van der Waals surface area (Å²) in [5, 5.41) is 0. The number of sulfonamides is 2.